The number of benzene rings is 1. The van der Waals surface area contributed by atoms with E-state index in [4.69, 9.17) is 10.7 Å². The Labute approximate surface area is 194 Å². The number of hydrogen-bond donors (Lipinski definition) is 3. The van der Waals surface area contributed by atoms with E-state index in [-0.39, 0.29) is 18.0 Å². The topological polar surface area (TPSA) is 84.5 Å². The summed E-state index contributed by atoms with van der Waals surface area (Å²) in [6, 6.07) is 10.5. The number of para-hydroxylation sites is 1. The van der Waals surface area contributed by atoms with E-state index in [9.17, 15) is 4.79 Å². The van der Waals surface area contributed by atoms with Crippen molar-refractivity contribution in [3.8, 4) is 0 Å². The average Bonchev–Trinajstić information content (AvgIpc) is 3.13. The maximum absolute atomic E-state index is 13.2. The van der Waals surface area contributed by atoms with E-state index < -0.39 is 0 Å². The normalized spacial score (nSPS) is 18.6. The maximum Gasteiger partial charge on any atom is 0.255 e. The van der Waals surface area contributed by atoms with Gasteiger partial charge in [-0.2, -0.15) is 11.8 Å². The Hall–Kier alpha value is -2.51. The molecule has 1 aliphatic rings. The van der Waals surface area contributed by atoms with Crippen molar-refractivity contribution in [1.82, 2.24) is 14.7 Å². The Morgan fingerprint density at radius 1 is 1.16 bits per heavy atom. The molecule has 3 aromatic rings. The summed E-state index contributed by atoms with van der Waals surface area (Å²) in [6.45, 7) is 4.21. The molecule has 0 radical (unpaired) electrons. The third-order valence-corrected chi connectivity index (χ3v) is 6.95. The summed E-state index contributed by atoms with van der Waals surface area (Å²) in [5.41, 5.74) is 11.8. The van der Waals surface area contributed by atoms with Crippen LogP contribution in [0.2, 0.25) is 0 Å². The van der Waals surface area contributed by atoms with Crippen LogP contribution >= 0.6 is 11.8 Å². The zero-order chi connectivity index (χ0) is 22.7. The van der Waals surface area contributed by atoms with Crippen LogP contribution in [0.15, 0.2) is 36.5 Å². The van der Waals surface area contributed by atoms with Crippen molar-refractivity contribution < 1.29 is 4.79 Å². The number of carbonyl (C=O) groups is 1. The molecule has 0 aliphatic heterocycles. The van der Waals surface area contributed by atoms with Crippen molar-refractivity contribution in [3.63, 3.8) is 0 Å². The summed E-state index contributed by atoms with van der Waals surface area (Å²) in [7, 11) is 0. The molecule has 7 heteroatoms. The highest BCUT2D eigenvalue weighted by atomic mass is 32.2. The Morgan fingerprint density at radius 2 is 1.88 bits per heavy atom. The van der Waals surface area contributed by atoms with Crippen molar-refractivity contribution in [2.24, 2.45) is 5.73 Å². The second-order valence-corrected chi connectivity index (χ2v) is 9.73. The number of nitrogens with zero attached hydrogens (tertiary/aromatic N) is 2. The van der Waals surface area contributed by atoms with Gasteiger partial charge in [-0.05, 0) is 74.8 Å². The third-order valence-electron chi connectivity index (χ3n) is 6.34. The van der Waals surface area contributed by atoms with Crippen molar-refractivity contribution in [2.75, 3.05) is 17.3 Å². The Morgan fingerprint density at radius 3 is 2.56 bits per heavy atom. The molecule has 1 aromatic carbocycles. The van der Waals surface area contributed by atoms with Gasteiger partial charge in [-0.3, -0.25) is 9.20 Å². The number of carbonyl (C=O) groups excluding carboxylic acids is 1. The van der Waals surface area contributed by atoms with Crippen LogP contribution in [0.25, 0.3) is 5.65 Å². The van der Waals surface area contributed by atoms with E-state index in [0.717, 1.165) is 55.1 Å². The number of hydrogen-bond acceptors (Lipinski definition) is 5. The smallest absolute Gasteiger partial charge is 0.255 e. The van der Waals surface area contributed by atoms with Crippen LogP contribution in [0, 0.1) is 13.8 Å². The zero-order valence-electron chi connectivity index (χ0n) is 19.1. The van der Waals surface area contributed by atoms with Gasteiger partial charge in [-0.15, -0.1) is 0 Å². The quantitative estimate of drug-likeness (QED) is 0.489. The number of fused-ring (bicyclic) bond motifs is 1. The lowest BCUT2D eigenvalue weighted by molar-refractivity contribution is 0.0927. The number of nitrogens with two attached hydrogens (primary N) is 1. The molecule has 6 nitrogen and oxygen atoms in total. The molecule has 0 bridgehead atoms. The molecule has 1 fully saturated rings. The van der Waals surface area contributed by atoms with E-state index >= 15 is 0 Å². The predicted octanol–water partition coefficient (Wildman–Crippen LogP) is 4.60. The SMILES string of the molecule is CSCCc1nc2c(C(=O)NC3CCC(N)CC3)cccn2c1Nc1c(C)cccc1C. The maximum atomic E-state index is 13.2. The van der Waals surface area contributed by atoms with E-state index in [1.807, 2.05) is 22.7 Å². The first-order chi connectivity index (χ1) is 15.5. The zero-order valence-corrected chi connectivity index (χ0v) is 20.0. The summed E-state index contributed by atoms with van der Waals surface area (Å²) in [4.78, 5) is 18.1. The minimum atomic E-state index is -0.0592. The van der Waals surface area contributed by atoms with Gasteiger partial charge in [0.15, 0.2) is 5.65 Å². The molecular formula is C25H33N5OS. The number of imidazole rings is 1. The number of aromatic nitrogens is 2. The van der Waals surface area contributed by atoms with Crippen LogP contribution in [0.3, 0.4) is 0 Å². The molecule has 0 saturated heterocycles. The molecule has 1 saturated carbocycles. The molecule has 2 heterocycles. The largest absolute Gasteiger partial charge is 0.349 e. The standard InChI is InChI=1S/C25H33N5OS/c1-16-6-4-7-17(2)22(16)29-24-21(13-15-32-3)28-23-20(8-5-14-30(23)24)25(31)27-19-11-9-18(26)10-12-19/h4-8,14,18-19,29H,9-13,15,26H2,1-3H3,(H,27,31). The van der Waals surface area contributed by atoms with Gasteiger partial charge in [-0.25, -0.2) is 4.98 Å². The van der Waals surface area contributed by atoms with E-state index in [2.05, 4.69) is 48.9 Å². The molecule has 170 valence electrons. The lowest BCUT2D eigenvalue weighted by Gasteiger charge is -2.26. The highest BCUT2D eigenvalue weighted by Crippen LogP contribution is 2.29. The van der Waals surface area contributed by atoms with Crippen molar-refractivity contribution in [2.45, 2.75) is 58.0 Å². The van der Waals surface area contributed by atoms with E-state index in [0.29, 0.717) is 11.2 Å². The molecular weight excluding hydrogens is 418 g/mol. The minimum Gasteiger partial charge on any atom is -0.349 e. The van der Waals surface area contributed by atoms with Gasteiger partial charge in [-0.1, -0.05) is 18.2 Å². The molecule has 4 rings (SSSR count). The molecule has 4 N–H and O–H groups in total. The summed E-state index contributed by atoms with van der Waals surface area (Å²) >= 11 is 1.80. The number of anilines is 2. The monoisotopic (exact) mass is 451 g/mol. The number of amides is 1. The second kappa shape index (κ2) is 9.96. The summed E-state index contributed by atoms with van der Waals surface area (Å²) in [6.07, 6.45) is 8.70. The van der Waals surface area contributed by atoms with Crippen LogP contribution in [0.4, 0.5) is 11.5 Å². The van der Waals surface area contributed by atoms with Crippen LogP contribution in [-0.2, 0) is 6.42 Å². The summed E-state index contributed by atoms with van der Waals surface area (Å²) in [5.74, 6) is 1.84. The molecule has 32 heavy (non-hydrogen) atoms. The Bertz CT molecular complexity index is 1080. The fraction of sp³-hybridized carbons (Fsp3) is 0.440. The van der Waals surface area contributed by atoms with Crippen molar-refractivity contribution in [1.29, 1.82) is 0 Å². The lowest BCUT2D eigenvalue weighted by Crippen LogP contribution is -2.40. The average molecular weight is 452 g/mol. The van der Waals surface area contributed by atoms with Gasteiger partial charge in [0.2, 0.25) is 0 Å². The lowest BCUT2D eigenvalue weighted by atomic mass is 9.91. The number of nitrogens with one attached hydrogen (secondary N) is 2. The summed E-state index contributed by atoms with van der Waals surface area (Å²) in [5, 5.41) is 6.85. The highest BCUT2D eigenvalue weighted by Gasteiger charge is 2.23. The fourth-order valence-electron chi connectivity index (χ4n) is 4.45. The van der Waals surface area contributed by atoms with Gasteiger partial charge >= 0.3 is 0 Å². The predicted molar refractivity (Wildman–Crippen MR) is 134 cm³/mol. The van der Waals surface area contributed by atoms with Crippen molar-refractivity contribution in [3.05, 3.63) is 58.9 Å². The number of aryl methyl sites for hydroxylation is 3. The fourth-order valence-corrected chi connectivity index (χ4v) is 4.85. The van der Waals surface area contributed by atoms with Crippen LogP contribution in [0.1, 0.15) is 52.9 Å². The first-order valence-electron chi connectivity index (χ1n) is 11.4. The van der Waals surface area contributed by atoms with E-state index in [1.54, 1.807) is 11.8 Å². The highest BCUT2D eigenvalue weighted by molar-refractivity contribution is 7.98. The molecule has 0 atom stereocenters. The number of thioether (sulfide) groups is 1. The number of pyridine rings is 1. The Kier molecular flexibility index (Phi) is 7.06. The van der Waals surface area contributed by atoms with Gasteiger partial charge in [0.1, 0.15) is 5.82 Å². The van der Waals surface area contributed by atoms with Gasteiger partial charge in [0, 0.05) is 30.4 Å². The molecule has 1 aliphatic carbocycles. The van der Waals surface area contributed by atoms with E-state index in [1.165, 1.54) is 11.1 Å². The van der Waals surface area contributed by atoms with Gasteiger partial charge in [0.25, 0.3) is 5.91 Å². The number of rotatable bonds is 7. The summed E-state index contributed by atoms with van der Waals surface area (Å²) < 4.78 is 2.02. The Balaban J connectivity index is 1.69. The molecule has 0 unspecified atom stereocenters. The van der Waals surface area contributed by atoms with Crippen LogP contribution < -0.4 is 16.4 Å². The first-order valence-corrected chi connectivity index (χ1v) is 12.8. The molecule has 1 amide bonds. The van der Waals surface area contributed by atoms with Gasteiger partial charge < -0.3 is 16.4 Å². The third kappa shape index (κ3) is 4.79. The minimum absolute atomic E-state index is 0.0592. The first kappa shape index (κ1) is 22.7. The van der Waals surface area contributed by atoms with Crippen molar-refractivity contribution >= 4 is 34.8 Å². The van der Waals surface area contributed by atoms with Gasteiger partial charge in [0.05, 0.1) is 11.3 Å². The molecule has 0 spiro atoms. The van der Waals surface area contributed by atoms with Crippen LogP contribution in [-0.4, -0.2) is 39.4 Å². The van der Waals surface area contributed by atoms with Crippen LogP contribution in [0.5, 0.6) is 0 Å². The second-order valence-electron chi connectivity index (χ2n) is 8.74. The molecule has 2 aromatic heterocycles.